The molecule has 0 spiro atoms. The van der Waals surface area contributed by atoms with E-state index in [0.29, 0.717) is 17.8 Å². The lowest BCUT2D eigenvalue weighted by Gasteiger charge is -2.10. The first-order valence-electron chi connectivity index (χ1n) is 7.87. The van der Waals surface area contributed by atoms with Gasteiger partial charge in [0.05, 0.1) is 17.4 Å². The van der Waals surface area contributed by atoms with E-state index in [2.05, 4.69) is 15.8 Å². The van der Waals surface area contributed by atoms with Crippen LogP contribution in [-0.4, -0.2) is 23.5 Å². The number of hydrogen-bond acceptors (Lipinski definition) is 4. The molecule has 2 aromatic carbocycles. The molecule has 1 heterocycles. The molecule has 3 aromatic rings. The quantitative estimate of drug-likeness (QED) is 0.725. The fourth-order valence-electron chi connectivity index (χ4n) is 2.37. The van der Waals surface area contributed by atoms with Crippen LogP contribution in [0.1, 0.15) is 26.5 Å². The number of para-hydroxylation sites is 1. The van der Waals surface area contributed by atoms with Crippen LogP contribution < -0.4 is 10.6 Å². The second kappa shape index (κ2) is 7.92. The van der Waals surface area contributed by atoms with Crippen LogP contribution in [0.2, 0.25) is 0 Å². The normalized spacial score (nSPS) is 10.2. The first-order chi connectivity index (χ1) is 12.2. The average Bonchev–Trinajstić information content (AvgIpc) is 3.18. The Morgan fingerprint density at radius 2 is 1.68 bits per heavy atom. The lowest BCUT2D eigenvalue weighted by molar-refractivity contribution is 0.0955. The van der Waals surface area contributed by atoms with Crippen LogP contribution in [0.4, 0.5) is 5.69 Å². The lowest BCUT2D eigenvalue weighted by Crippen LogP contribution is -2.27. The third kappa shape index (κ3) is 4.32. The van der Waals surface area contributed by atoms with Crippen molar-refractivity contribution in [2.45, 2.75) is 6.42 Å². The highest BCUT2D eigenvalue weighted by Crippen LogP contribution is 2.16. The molecule has 126 valence electrons. The van der Waals surface area contributed by atoms with Crippen molar-refractivity contribution in [2.75, 3.05) is 11.9 Å². The summed E-state index contributed by atoms with van der Waals surface area (Å²) in [5, 5.41) is 9.03. The van der Waals surface area contributed by atoms with Gasteiger partial charge in [-0.25, -0.2) is 0 Å². The molecule has 3 rings (SSSR count). The number of rotatable bonds is 6. The van der Waals surface area contributed by atoms with E-state index in [4.69, 9.17) is 4.52 Å². The molecule has 0 bridgehead atoms. The SMILES string of the molecule is O=C(Nc1ccccc1C(=O)NCCc1ccccc1)c1ccno1. The van der Waals surface area contributed by atoms with Gasteiger partial charge in [0.2, 0.25) is 5.76 Å². The third-order valence-corrected chi connectivity index (χ3v) is 3.62. The van der Waals surface area contributed by atoms with E-state index in [-0.39, 0.29) is 11.7 Å². The van der Waals surface area contributed by atoms with E-state index in [1.54, 1.807) is 24.3 Å². The van der Waals surface area contributed by atoms with Gasteiger partial charge in [-0.1, -0.05) is 47.6 Å². The van der Waals surface area contributed by atoms with Crippen molar-refractivity contribution in [1.82, 2.24) is 10.5 Å². The summed E-state index contributed by atoms with van der Waals surface area (Å²) in [4.78, 5) is 24.5. The molecule has 0 saturated carbocycles. The summed E-state index contributed by atoms with van der Waals surface area (Å²) in [6, 6.07) is 18.2. The largest absolute Gasteiger partial charge is 0.352 e. The van der Waals surface area contributed by atoms with E-state index in [1.165, 1.54) is 12.3 Å². The predicted molar refractivity (Wildman–Crippen MR) is 93.4 cm³/mol. The first kappa shape index (κ1) is 16.4. The highest BCUT2D eigenvalue weighted by molar-refractivity contribution is 6.07. The molecule has 25 heavy (non-hydrogen) atoms. The molecule has 0 saturated heterocycles. The molecular weight excluding hydrogens is 318 g/mol. The van der Waals surface area contributed by atoms with Crippen molar-refractivity contribution in [1.29, 1.82) is 0 Å². The van der Waals surface area contributed by atoms with E-state index in [9.17, 15) is 9.59 Å². The van der Waals surface area contributed by atoms with Gasteiger partial charge < -0.3 is 15.2 Å². The molecular formula is C19H17N3O3. The topological polar surface area (TPSA) is 84.2 Å². The summed E-state index contributed by atoms with van der Waals surface area (Å²) in [5.41, 5.74) is 1.96. The van der Waals surface area contributed by atoms with Gasteiger partial charge in [0.25, 0.3) is 11.8 Å². The minimum atomic E-state index is -0.456. The third-order valence-electron chi connectivity index (χ3n) is 3.62. The molecule has 6 nitrogen and oxygen atoms in total. The first-order valence-corrected chi connectivity index (χ1v) is 7.87. The maximum absolute atomic E-state index is 12.4. The number of hydrogen-bond donors (Lipinski definition) is 2. The number of benzene rings is 2. The molecule has 6 heteroatoms. The zero-order chi connectivity index (χ0) is 17.5. The Kier molecular flexibility index (Phi) is 5.21. The van der Waals surface area contributed by atoms with Crippen molar-refractivity contribution in [3.8, 4) is 0 Å². The summed E-state index contributed by atoms with van der Waals surface area (Å²) < 4.78 is 4.82. The molecule has 0 atom stereocenters. The van der Waals surface area contributed by atoms with Crippen molar-refractivity contribution in [3.05, 3.63) is 83.7 Å². The molecule has 0 aliphatic carbocycles. The van der Waals surface area contributed by atoms with Crippen molar-refractivity contribution < 1.29 is 14.1 Å². The number of amides is 2. The summed E-state index contributed by atoms with van der Waals surface area (Å²) in [6.45, 7) is 0.507. The van der Waals surface area contributed by atoms with Gasteiger partial charge in [0, 0.05) is 12.6 Å². The van der Waals surface area contributed by atoms with E-state index < -0.39 is 5.91 Å². The number of nitrogens with one attached hydrogen (secondary N) is 2. The Hall–Kier alpha value is -3.41. The fraction of sp³-hybridized carbons (Fsp3) is 0.105. The molecule has 0 unspecified atom stereocenters. The predicted octanol–water partition coefficient (Wildman–Crippen LogP) is 2.90. The van der Waals surface area contributed by atoms with Gasteiger partial charge in [-0.15, -0.1) is 0 Å². The van der Waals surface area contributed by atoms with Gasteiger partial charge >= 0.3 is 0 Å². The van der Waals surface area contributed by atoms with Gasteiger partial charge in [-0.2, -0.15) is 0 Å². The standard InChI is InChI=1S/C19H17N3O3/c23-18(20-12-10-14-6-2-1-3-7-14)15-8-4-5-9-16(15)22-19(24)17-11-13-21-25-17/h1-9,11,13H,10,12H2,(H,20,23)(H,22,24). The van der Waals surface area contributed by atoms with E-state index in [1.807, 2.05) is 30.3 Å². The molecule has 0 aliphatic rings. The second-order valence-electron chi connectivity index (χ2n) is 5.37. The van der Waals surface area contributed by atoms with Crippen molar-refractivity contribution in [3.63, 3.8) is 0 Å². The molecule has 2 N–H and O–H groups in total. The molecule has 0 aliphatic heterocycles. The maximum Gasteiger partial charge on any atom is 0.294 e. The van der Waals surface area contributed by atoms with E-state index in [0.717, 1.165) is 12.0 Å². The van der Waals surface area contributed by atoms with Crippen LogP contribution in [0.5, 0.6) is 0 Å². The van der Waals surface area contributed by atoms with E-state index >= 15 is 0 Å². The van der Waals surface area contributed by atoms with Crippen LogP contribution in [-0.2, 0) is 6.42 Å². The van der Waals surface area contributed by atoms with Crippen molar-refractivity contribution >= 4 is 17.5 Å². The Bertz CT molecular complexity index is 845. The summed E-state index contributed by atoms with van der Waals surface area (Å²) >= 11 is 0. The Balaban J connectivity index is 1.63. The highest BCUT2D eigenvalue weighted by atomic mass is 16.5. The molecule has 0 radical (unpaired) electrons. The van der Waals surface area contributed by atoms with Crippen LogP contribution >= 0.6 is 0 Å². The molecule has 2 amide bonds. The number of carbonyl (C=O) groups excluding carboxylic acids is 2. The summed E-state index contributed by atoms with van der Waals surface area (Å²) in [6.07, 6.45) is 2.12. The Morgan fingerprint density at radius 3 is 2.44 bits per heavy atom. The van der Waals surface area contributed by atoms with Crippen LogP contribution in [0.15, 0.2) is 71.4 Å². The minimum Gasteiger partial charge on any atom is -0.352 e. The summed E-state index contributed by atoms with van der Waals surface area (Å²) in [7, 11) is 0. The zero-order valence-electron chi connectivity index (χ0n) is 13.4. The Labute approximate surface area is 144 Å². The van der Waals surface area contributed by atoms with Gasteiger partial charge in [-0.05, 0) is 24.1 Å². The highest BCUT2D eigenvalue weighted by Gasteiger charge is 2.15. The average molecular weight is 335 g/mol. The van der Waals surface area contributed by atoms with Crippen molar-refractivity contribution in [2.24, 2.45) is 0 Å². The van der Waals surface area contributed by atoms with Crippen LogP contribution in [0, 0.1) is 0 Å². The van der Waals surface area contributed by atoms with Gasteiger partial charge in [0.1, 0.15) is 0 Å². The fourth-order valence-corrected chi connectivity index (χ4v) is 2.37. The molecule has 1 aromatic heterocycles. The number of aromatic nitrogens is 1. The smallest absolute Gasteiger partial charge is 0.294 e. The second-order valence-corrected chi connectivity index (χ2v) is 5.37. The number of anilines is 1. The minimum absolute atomic E-state index is 0.0827. The Morgan fingerprint density at radius 1 is 0.920 bits per heavy atom. The number of nitrogens with zero attached hydrogens (tertiary/aromatic N) is 1. The van der Waals surface area contributed by atoms with Gasteiger partial charge in [-0.3, -0.25) is 9.59 Å². The monoisotopic (exact) mass is 335 g/mol. The lowest BCUT2D eigenvalue weighted by atomic mass is 10.1. The van der Waals surface area contributed by atoms with Crippen LogP contribution in [0.25, 0.3) is 0 Å². The maximum atomic E-state index is 12.4. The zero-order valence-corrected chi connectivity index (χ0v) is 13.4. The molecule has 0 fully saturated rings. The number of carbonyl (C=O) groups is 2. The van der Waals surface area contributed by atoms with Crippen LogP contribution in [0.3, 0.4) is 0 Å². The summed E-state index contributed by atoms with van der Waals surface area (Å²) in [5.74, 6) is -0.620. The van der Waals surface area contributed by atoms with Gasteiger partial charge in [0.15, 0.2) is 0 Å².